The van der Waals surface area contributed by atoms with Crippen molar-refractivity contribution in [1.82, 2.24) is 14.9 Å². The van der Waals surface area contributed by atoms with Gasteiger partial charge in [-0.25, -0.2) is 9.97 Å². The lowest BCUT2D eigenvalue weighted by Gasteiger charge is -2.35. The average Bonchev–Trinajstić information content (AvgIpc) is 3.16. The molecule has 4 rings (SSSR count). The number of hydrogen-bond acceptors (Lipinski definition) is 6. The zero-order chi connectivity index (χ0) is 18.5. The summed E-state index contributed by atoms with van der Waals surface area (Å²) in [6.45, 7) is 7.58. The quantitative estimate of drug-likeness (QED) is 0.651. The van der Waals surface area contributed by atoms with Crippen LogP contribution >= 0.6 is 11.3 Å². The van der Waals surface area contributed by atoms with Crippen LogP contribution in [0.4, 0.5) is 5.82 Å². The lowest BCUT2D eigenvalue weighted by atomic mass is 10.2. The number of rotatable bonds is 6. The van der Waals surface area contributed by atoms with E-state index < -0.39 is 0 Å². The number of anilines is 1. The topological polar surface area (TPSA) is 41.5 Å². The van der Waals surface area contributed by atoms with Crippen molar-refractivity contribution >= 4 is 17.2 Å². The molecule has 1 aliphatic rings. The maximum Gasteiger partial charge on any atom is 0.140 e. The van der Waals surface area contributed by atoms with Crippen molar-refractivity contribution in [1.29, 1.82) is 0 Å². The highest BCUT2D eigenvalue weighted by Gasteiger charge is 2.18. The summed E-state index contributed by atoms with van der Waals surface area (Å²) >= 11 is 1.67. The van der Waals surface area contributed by atoms with Gasteiger partial charge < -0.3 is 9.64 Å². The molecule has 0 unspecified atom stereocenters. The van der Waals surface area contributed by atoms with E-state index in [1.54, 1.807) is 11.3 Å². The van der Waals surface area contributed by atoms with Gasteiger partial charge in [-0.1, -0.05) is 23.8 Å². The van der Waals surface area contributed by atoms with Gasteiger partial charge >= 0.3 is 0 Å². The minimum absolute atomic E-state index is 0.529. The average molecular weight is 381 g/mol. The summed E-state index contributed by atoms with van der Waals surface area (Å²) in [4.78, 5) is 14.0. The number of aromatic nitrogens is 2. The minimum atomic E-state index is 0.529. The SMILES string of the molecule is Cc1ccc(OCc2nc(CN3CCN(c4ccccn4)CC3)cs2)cc1. The fourth-order valence-electron chi connectivity index (χ4n) is 3.17. The molecule has 0 N–H and O–H groups in total. The third-order valence-corrected chi connectivity index (χ3v) is 5.58. The summed E-state index contributed by atoms with van der Waals surface area (Å²) < 4.78 is 5.83. The number of thiazole rings is 1. The maximum atomic E-state index is 5.83. The Morgan fingerprint density at radius 1 is 1.04 bits per heavy atom. The molecule has 1 aliphatic heterocycles. The summed E-state index contributed by atoms with van der Waals surface area (Å²) in [5.74, 6) is 1.96. The Bertz CT molecular complexity index is 842. The highest BCUT2D eigenvalue weighted by molar-refractivity contribution is 7.09. The van der Waals surface area contributed by atoms with Crippen molar-refractivity contribution in [3.63, 3.8) is 0 Å². The molecule has 1 saturated heterocycles. The van der Waals surface area contributed by atoms with Gasteiger partial charge in [0.2, 0.25) is 0 Å². The van der Waals surface area contributed by atoms with Crippen LogP contribution in [0.25, 0.3) is 0 Å². The highest BCUT2D eigenvalue weighted by Crippen LogP contribution is 2.18. The lowest BCUT2D eigenvalue weighted by Crippen LogP contribution is -2.46. The van der Waals surface area contributed by atoms with Crippen LogP contribution in [0.1, 0.15) is 16.3 Å². The molecule has 5 nitrogen and oxygen atoms in total. The molecule has 0 aliphatic carbocycles. The maximum absolute atomic E-state index is 5.83. The molecule has 27 heavy (non-hydrogen) atoms. The summed E-state index contributed by atoms with van der Waals surface area (Å²) in [6, 6.07) is 14.2. The first-order chi connectivity index (χ1) is 13.3. The molecule has 0 bridgehead atoms. The number of ether oxygens (including phenoxy) is 1. The number of pyridine rings is 1. The van der Waals surface area contributed by atoms with Crippen LogP contribution in [-0.4, -0.2) is 41.0 Å². The molecule has 1 aromatic carbocycles. The standard InChI is InChI=1S/C21H24N4OS/c1-17-5-7-19(8-6-17)26-15-21-23-18(16-27-21)14-24-10-12-25(13-11-24)20-4-2-3-9-22-20/h2-9,16H,10-15H2,1H3. The van der Waals surface area contributed by atoms with Crippen molar-refractivity contribution < 1.29 is 4.74 Å². The molecule has 2 aromatic heterocycles. The van der Waals surface area contributed by atoms with Crippen LogP contribution in [-0.2, 0) is 13.2 Å². The highest BCUT2D eigenvalue weighted by atomic mass is 32.1. The van der Waals surface area contributed by atoms with Gasteiger partial charge in [-0.2, -0.15) is 0 Å². The van der Waals surface area contributed by atoms with Crippen LogP contribution in [0, 0.1) is 6.92 Å². The van der Waals surface area contributed by atoms with Gasteiger partial charge in [0.1, 0.15) is 23.2 Å². The first-order valence-corrected chi connectivity index (χ1v) is 10.2. The van der Waals surface area contributed by atoms with Crippen LogP contribution in [0.5, 0.6) is 5.75 Å². The summed E-state index contributed by atoms with van der Waals surface area (Å²) in [7, 11) is 0. The summed E-state index contributed by atoms with van der Waals surface area (Å²) in [5.41, 5.74) is 2.37. The van der Waals surface area contributed by atoms with E-state index in [4.69, 9.17) is 9.72 Å². The second-order valence-corrected chi connectivity index (χ2v) is 7.73. The molecule has 0 saturated carbocycles. The molecule has 3 heterocycles. The first kappa shape index (κ1) is 17.9. The Morgan fingerprint density at radius 3 is 2.59 bits per heavy atom. The van der Waals surface area contributed by atoms with Crippen molar-refractivity contribution in [2.24, 2.45) is 0 Å². The Labute approximate surface area is 164 Å². The zero-order valence-corrected chi connectivity index (χ0v) is 16.4. The molecule has 0 spiro atoms. The van der Waals surface area contributed by atoms with E-state index in [2.05, 4.69) is 45.3 Å². The van der Waals surface area contributed by atoms with Gasteiger partial charge in [-0.3, -0.25) is 4.90 Å². The number of piperazine rings is 1. The number of hydrogen-bond donors (Lipinski definition) is 0. The second kappa shape index (κ2) is 8.50. The molecular weight excluding hydrogens is 356 g/mol. The summed E-state index contributed by atoms with van der Waals surface area (Å²) in [5, 5.41) is 3.18. The molecule has 6 heteroatoms. The van der Waals surface area contributed by atoms with E-state index in [0.29, 0.717) is 6.61 Å². The van der Waals surface area contributed by atoms with E-state index in [0.717, 1.165) is 55.0 Å². The second-order valence-electron chi connectivity index (χ2n) is 6.79. The predicted octanol–water partition coefficient (Wildman–Crippen LogP) is 3.75. The molecule has 0 radical (unpaired) electrons. The van der Waals surface area contributed by atoms with Crippen molar-refractivity contribution in [2.45, 2.75) is 20.1 Å². The van der Waals surface area contributed by atoms with Gasteiger partial charge in [0.05, 0.1) is 5.69 Å². The third kappa shape index (κ3) is 4.84. The van der Waals surface area contributed by atoms with E-state index >= 15 is 0 Å². The van der Waals surface area contributed by atoms with Gasteiger partial charge in [-0.05, 0) is 31.2 Å². The Kier molecular flexibility index (Phi) is 5.65. The van der Waals surface area contributed by atoms with Gasteiger partial charge in [0.15, 0.2) is 0 Å². The number of benzene rings is 1. The largest absolute Gasteiger partial charge is 0.486 e. The van der Waals surface area contributed by atoms with E-state index in [-0.39, 0.29) is 0 Å². The fraction of sp³-hybridized carbons (Fsp3) is 0.333. The first-order valence-electron chi connectivity index (χ1n) is 9.27. The van der Waals surface area contributed by atoms with E-state index in [1.165, 1.54) is 5.56 Å². The van der Waals surface area contributed by atoms with Crippen LogP contribution < -0.4 is 9.64 Å². The van der Waals surface area contributed by atoms with Crippen molar-refractivity contribution in [3.05, 3.63) is 70.3 Å². The Hall–Kier alpha value is -2.44. The zero-order valence-electron chi connectivity index (χ0n) is 15.5. The molecule has 3 aromatic rings. The molecule has 0 atom stereocenters. The lowest BCUT2D eigenvalue weighted by molar-refractivity contribution is 0.246. The van der Waals surface area contributed by atoms with Crippen molar-refractivity contribution in [2.75, 3.05) is 31.1 Å². The van der Waals surface area contributed by atoms with Crippen LogP contribution in [0.15, 0.2) is 54.0 Å². The number of nitrogens with zero attached hydrogens (tertiary/aromatic N) is 4. The van der Waals surface area contributed by atoms with Crippen molar-refractivity contribution in [3.8, 4) is 5.75 Å². The third-order valence-electron chi connectivity index (χ3n) is 4.71. The Morgan fingerprint density at radius 2 is 1.85 bits per heavy atom. The van der Waals surface area contributed by atoms with Gasteiger partial charge in [0, 0.05) is 44.3 Å². The Balaban J connectivity index is 1.25. The molecule has 0 amide bonds. The molecule has 140 valence electrons. The molecule has 1 fully saturated rings. The normalized spacial score (nSPS) is 15.1. The van der Waals surface area contributed by atoms with Crippen LogP contribution in [0.3, 0.4) is 0 Å². The monoisotopic (exact) mass is 380 g/mol. The van der Waals surface area contributed by atoms with Crippen LogP contribution in [0.2, 0.25) is 0 Å². The van der Waals surface area contributed by atoms with E-state index in [9.17, 15) is 0 Å². The fourth-order valence-corrected chi connectivity index (χ4v) is 3.87. The minimum Gasteiger partial charge on any atom is -0.486 e. The predicted molar refractivity (Wildman–Crippen MR) is 109 cm³/mol. The summed E-state index contributed by atoms with van der Waals surface area (Å²) in [6.07, 6.45) is 1.86. The smallest absolute Gasteiger partial charge is 0.140 e. The van der Waals surface area contributed by atoms with Gasteiger partial charge in [-0.15, -0.1) is 11.3 Å². The van der Waals surface area contributed by atoms with Gasteiger partial charge in [0.25, 0.3) is 0 Å². The molecular formula is C21H24N4OS. The van der Waals surface area contributed by atoms with E-state index in [1.807, 2.05) is 30.5 Å². The number of aryl methyl sites for hydroxylation is 1.